The molecular formula is C22H27N3O2S. The van der Waals surface area contributed by atoms with E-state index >= 15 is 0 Å². The maximum absolute atomic E-state index is 13.0. The van der Waals surface area contributed by atoms with Crippen LogP contribution in [0.2, 0.25) is 0 Å². The minimum atomic E-state index is -0.0447. The molecule has 2 aromatic rings. The zero-order valence-electron chi connectivity index (χ0n) is 16.3. The Balaban J connectivity index is 1.61. The van der Waals surface area contributed by atoms with Crippen molar-refractivity contribution in [1.29, 1.82) is 0 Å². The number of hydrogen-bond donors (Lipinski definition) is 0. The van der Waals surface area contributed by atoms with Crippen LogP contribution in [-0.4, -0.2) is 51.1 Å². The van der Waals surface area contributed by atoms with Crippen LogP contribution in [-0.2, 0) is 23.2 Å². The number of nitrogens with zero attached hydrogens (tertiary/aromatic N) is 3. The second-order valence-corrected chi connectivity index (χ2v) is 8.08. The van der Waals surface area contributed by atoms with Gasteiger partial charge < -0.3 is 14.4 Å². The second kappa shape index (κ2) is 9.64. The van der Waals surface area contributed by atoms with Crippen LogP contribution >= 0.6 is 11.8 Å². The van der Waals surface area contributed by atoms with Gasteiger partial charge in [0, 0.05) is 36.4 Å². The highest BCUT2D eigenvalue weighted by molar-refractivity contribution is 8.00. The number of carbonyl (C=O) groups is 2. The molecule has 3 rings (SSSR count). The fourth-order valence-electron chi connectivity index (χ4n) is 3.06. The van der Waals surface area contributed by atoms with Crippen LogP contribution in [0.25, 0.3) is 0 Å². The highest BCUT2D eigenvalue weighted by atomic mass is 32.2. The highest BCUT2D eigenvalue weighted by Crippen LogP contribution is 2.28. The van der Waals surface area contributed by atoms with Crippen molar-refractivity contribution < 1.29 is 9.59 Å². The maximum Gasteiger partial charge on any atom is 0.242 e. The van der Waals surface area contributed by atoms with Gasteiger partial charge in [0.1, 0.15) is 6.54 Å². The summed E-state index contributed by atoms with van der Waals surface area (Å²) in [7, 11) is 1.99. The van der Waals surface area contributed by atoms with E-state index in [4.69, 9.17) is 0 Å². The van der Waals surface area contributed by atoms with E-state index in [1.54, 1.807) is 11.0 Å². The molecular weight excluding hydrogens is 370 g/mol. The average Bonchev–Trinajstić information content (AvgIpc) is 3.46. The van der Waals surface area contributed by atoms with E-state index in [0.29, 0.717) is 24.9 Å². The minimum Gasteiger partial charge on any atom is -0.353 e. The Labute approximate surface area is 171 Å². The van der Waals surface area contributed by atoms with E-state index in [2.05, 4.69) is 6.58 Å². The topological polar surface area (TPSA) is 45.6 Å². The number of benzene rings is 1. The number of carbonyl (C=O) groups excluding carboxylic acids is 2. The highest BCUT2D eigenvalue weighted by Gasteiger charge is 2.34. The molecule has 1 aromatic carbocycles. The Morgan fingerprint density at radius 3 is 2.54 bits per heavy atom. The molecule has 0 unspecified atom stereocenters. The Morgan fingerprint density at radius 1 is 1.18 bits per heavy atom. The van der Waals surface area contributed by atoms with Crippen molar-refractivity contribution in [2.75, 3.05) is 18.8 Å². The molecule has 1 aliphatic rings. The van der Waals surface area contributed by atoms with Crippen LogP contribution in [0.5, 0.6) is 0 Å². The lowest BCUT2D eigenvalue weighted by Gasteiger charge is -2.27. The Kier molecular flexibility index (Phi) is 6.98. The van der Waals surface area contributed by atoms with Gasteiger partial charge >= 0.3 is 0 Å². The first-order chi connectivity index (χ1) is 13.6. The molecule has 0 saturated heterocycles. The predicted molar refractivity (Wildman–Crippen MR) is 113 cm³/mol. The summed E-state index contributed by atoms with van der Waals surface area (Å²) in [6.45, 7) is 4.81. The third kappa shape index (κ3) is 5.52. The fraction of sp³-hybridized carbons (Fsp3) is 0.364. The number of hydrogen-bond acceptors (Lipinski definition) is 3. The molecule has 0 radical (unpaired) electrons. The van der Waals surface area contributed by atoms with Crippen LogP contribution in [0.1, 0.15) is 18.5 Å². The maximum atomic E-state index is 13.0. The minimum absolute atomic E-state index is 0.00334. The van der Waals surface area contributed by atoms with E-state index in [0.717, 1.165) is 23.4 Å². The third-order valence-corrected chi connectivity index (χ3v) is 5.82. The molecule has 1 aliphatic carbocycles. The van der Waals surface area contributed by atoms with E-state index in [9.17, 15) is 9.59 Å². The SMILES string of the molecule is C=CCN(CC(=O)N(Cc1cccn1C)C1CC1)C(=O)CSc1ccccc1. The van der Waals surface area contributed by atoms with Gasteiger partial charge in [-0.15, -0.1) is 18.3 Å². The normalized spacial score (nSPS) is 13.2. The number of thioether (sulfide) groups is 1. The van der Waals surface area contributed by atoms with Gasteiger partial charge in [0.15, 0.2) is 0 Å². The lowest BCUT2D eigenvalue weighted by atomic mass is 10.3. The van der Waals surface area contributed by atoms with Gasteiger partial charge in [-0.1, -0.05) is 24.3 Å². The van der Waals surface area contributed by atoms with Crippen molar-refractivity contribution >= 4 is 23.6 Å². The van der Waals surface area contributed by atoms with Crippen molar-refractivity contribution in [3.05, 3.63) is 67.0 Å². The second-order valence-electron chi connectivity index (χ2n) is 7.03. The Bertz CT molecular complexity index is 814. The van der Waals surface area contributed by atoms with Gasteiger partial charge in [0.25, 0.3) is 0 Å². The monoisotopic (exact) mass is 397 g/mol. The number of amides is 2. The lowest BCUT2D eigenvalue weighted by Crippen LogP contribution is -2.44. The van der Waals surface area contributed by atoms with Crippen molar-refractivity contribution in [3.63, 3.8) is 0 Å². The summed E-state index contributed by atoms with van der Waals surface area (Å²) in [6.07, 6.45) is 5.74. The van der Waals surface area contributed by atoms with Gasteiger partial charge in [-0.25, -0.2) is 0 Å². The molecule has 0 aliphatic heterocycles. The molecule has 0 bridgehead atoms. The molecule has 148 valence electrons. The van der Waals surface area contributed by atoms with E-state index in [-0.39, 0.29) is 18.4 Å². The zero-order valence-corrected chi connectivity index (χ0v) is 17.1. The van der Waals surface area contributed by atoms with Crippen molar-refractivity contribution in [2.24, 2.45) is 7.05 Å². The summed E-state index contributed by atoms with van der Waals surface area (Å²) in [4.78, 5) is 30.3. The third-order valence-electron chi connectivity index (χ3n) is 4.83. The molecule has 1 aromatic heterocycles. The quantitative estimate of drug-likeness (QED) is 0.456. The molecule has 5 nitrogen and oxygen atoms in total. The van der Waals surface area contributed by atoms with Crippen LogP contribution in [0.4, 0.5) is 0 Å². The molecule has 1 heterocycles. The Morgan fingerprint density at radius 2 is 1.93 bits per heavy atom. The number of aryl methyl sites for hydroxylation is 1. The molecule has 28 heavy (non-hydrogen) atoms. The number of rotatable bonds is 10. The summed E-state index contributed by atoms with van der Waals surface area (Å²) in [5.41, 5.74) is 1.10. The summed E-state index contributed by atoms with van der Waals surface area (Å²) in [6, 6.07) is 14.1. The fourth-order valence-corrected chi connectivity index (χ4v) is 3.88. The first-order valence-corrected chi connectivity index (χ1v) is 10.5. The van der Waals surface area contributed by atoms with Gasteiger partial charge in [-0.3, -0.25) is 9.59 Å². The van der Waals surface area contributed by atoms with Crippen molar-refractivity contribution in [3.8, 4) is 0 Å². The summed E-state index contributed by atoms with van der Waals surface area (Å²) in [5, 5.41) is 0. The number of aromatic nitrogens is 1. The molecule has 0 N–H and O–H groups in total. The smallest absolute Gasteiger partial charge is 0.242 e. The van der Waals surface area contributed by atoms with Crippen LogP contribution in [0.3, 0.4) is 0 Å². The first-order valence-electron chi connectivity index (χ1n) is 9.54. The van der Waals surface area contributed by atoms with Crippen LogP contribution in [0, 0.1) is 0 Å². The van der Waals surface area contributed by atoms with Crippen molar-refractivity contribution in [1.82, 2.24) is 14.4 Å². The van der Waals surface area contributed by atoms with E-state index < -0.39 is 0 Å². The van der Waals surface area contributed by atoms with Gasteiger partial charge in [0.2, 0.25) is 11.8 Å². The summed E-state index contributed by atoms with van der Waals surface area (Å²) < 4.78 is 2.03. The van der Waals surface area contributed by atoms with E-state index in [1.807, 2.05) is 65.2 Å². The Hall–Kier alpha value is -2.47. The van der Waals surface area contributed by atoms with Gasteiger partial charge in [0.05, 0.1) is 12.3 Å². The standard InChI is InChI=1S/C22H27N3O2S/c1-3-13-24(22(27)17-28-20-9-5-4-6-10-20)16-21(26)25(18-11-12-18)15-19-8-7-14-23(19)2/h3-10,14,18H,1,11-13,15-17H2,2H3. The summed E-state index contributed by atoms with van der Waals surface area (Å²) in [5.74, 6) is 0.271. The van der Waals surface area contributed by atoms with Crippen LogP contribution < -0.4 is 0 Å². The van der Waals surface area contributed by atoms with Gasteiger partial charge in [-0.2, -0.15) is 0 Å². The van der Waals surface area contributed by atoms with Crippen LogP contribution in [0.15, 0.2) is 66.2 Å². The summed E-state index contributed by atoms with van der Waals surface area (Å²) >= 11 is 1.49. The molecule has 1 saturated carbocycles. The molecule has 0 atom stereocenters. The molecule has 6 heteroatoms. The average molecular weight is 398 g/mol. The van der Waals surface area contributed by atoms with E-state index in [1.165, 1.54) is 11.8 Å². The predicted octanol–water partition coefficient (Wildman–Crippen LogP) is 3.32. The lowest BCUT2D eigenvalue weighted by molar-refractivity contribution is -0.139. The van der Waals surface area contributed by atoms with Gasteiger partial charge in [-0.05, 0) is 37.1 Å². The van der Waals surface area contributed by atoms with Crippen molar-refractivity contribution in [2.45, 2.75) is 30.3 Å². The largest absolute Gasteiger partial charge is 0.353 e. The molecule has 1 fully saturated rings. The zero-order chi connectivity index (χ0) is 19.9. The molecule has 0 spiro atoms. The first kappa shape index (κ1) is 20.3. The molecule has 2 amide bonds.